The summed E-state index contributed by atoms with van der Waals surface area (Å²) in [5.74, 6) is -0.356. The fraction of sp³-hybridized carbons (Fsp3) is 0.833. The number of esters is 1. The summed E-state index contributed by atoms with van der Waals surface area (Å²) >= 11 is 0. The van der Waals surface area contributed by atoms with Crippen LogP contribution in [0, 0.1) is 0 Å². The zero-order chi connectivity index (χ0) is 8.20. The molecule has 0 atom stereocenters. The second-order valence-electron chi connectivity index (χ2n) is 1.43. The third kappa shape index (κ3) is 3.65. The molecule has 8 heavy (non-hydrogen) atoms. The van der Waals surface area contributed by atoms with Crippen LogP contribution >= 0.6 is 0 Å². The fourth-order valence-corrected chi connectivity index (χ4v) is 0.329. The van der Waals surface area contributed by atoms with Gasteiger partial charge in [0.2, 0.25) is 0 Å². The Bertz CT molecular complexity index is 117. The topological polar surface area (TPSA) is 26.3 Å². The third-order valence-electron chi connectivity index (χ3n) is 0.807. The molecule has 0 amide bonds. The van der Waals surface area contributed by atoms with Crippen LogP contribution in [0.2, 0.25) is 0 Å². The van der Waals surface area contributed by atoms with Crippen molar-refractivity contribution in [2.45, 2.75) is 26.1 Å². The SMILES string of the molecule is [2H]C([2H])(C)CCC(=O)OC. The molecule has 0 saturated carbocycles. The molecule has 0 aliphatic rings. The van der Waals surface area contributed by atoms with Gasteiger partial charge in [-0.25, -0.2) is 0 Å². The Balaban J connectivity index is 3.46. The molecule has 0 aliphatic heterocycles. The van der Waals surface area contributed by atoms with Gasteiger partial charge in [0, 0.05) is 9.16 Å². The molecule has 0 fully saturated rings. The molecule has 0 aromatic heterocycles. The maximum absolute atomic E-state index is 10.5. The van der Waals surface area contributed by atoms with Gasteiger partial charge < -0.3 is 4.74 Å². The van der Waals surface area contributed by atoms with Gasteiger partial charge in [0.05, 0.1) is 7.11 Å². The highest BCUT2D eigenvalue weighted by atomic mass is 16.5. The van der Waals surface area contributed by atoms with Gasteiger partial charge in [0.1, 0.15) is 0 Å². The van der Waals surface area contributed by atoms with E-state index in [0.29, 0.717) is 0 Å². The van der Waals surface area contributed by atoms with Crippen LogP contribution in [-0.4, -0.2) is 13.1 Å². The third-order valence-corrected chi connectivity index (χ3v) is 0.807. The number of ether oxygens (including phenoxy) is 1. The molecule has 0 aromatic rings. The molecule has 0 aromatic carbocycles. The van der Waals surface area contributed by atoms with Crippen LogP contribution in [0.4, 0.5) is 0 Å². The molecule has 48 valence electrons. The maximum Gasteiger partial charge on any atom is 0.305 e. The summed E-state index contributed by atoms with van der Waals surface area (Å²) in [5.41, 5.74) is 0. The minimum atomic E-state index is -1.27. The van der Waals surface area contributed by atoms with Gasteiger partial charge in [0.15, 0.2) is 0 Å². The van der Waals surface area contributed by atoms with Crippen molar-refractivity contribution in [3.05, 3.63) is 0 Å². The van der Waals surface area contributed by atoms with E-state index in [9.17, 15) is 4.79 Å². The lowest BCUT2D eigenvalue weighted by atomic mass is 10.3. The molecule has 0 N–H and O–H groups in total. The Morgan fingerprint density at radius 1 is 1.88 bits per heavy atom. The second kappa shape index (κ2) is 4.62. The molecule has 0 radical (unpaired) electrons. The molecule has 0 rings (SSSR count). The first-order chi connectivity index (χ1) is 4.45. The van der Waals surface area contributed by atoms with E-state index in [1.54, 1.807) is 0 Å². The van der Waals surface area contributed by atoms with Crippen molar-refractivity contribution in [2.24, 2.45) is 0 Å². The number of hydrogen-bond acceptors (Lipinski definition) is 2. The number of carbonyl (C=O) groups is 1. The Morgan fingerprint density at radius 3 is 2.88 bits per heavy atom. The largest absolute Gasteiger partial charge is 0.469 e. The van der Waals surface area contributed by atoms with Crippen LogP contribution in [0.25, 0.3) is 0 Å². The zero-order valence-electron chi connectivity index (χ0n) is 7.23. The van der Waals surface area contributed by atoms with Crippen molar-refractivity contribution in [1.82, 2.24) is 0 Å². The highest BCUT2D eigenvalue weighted by molar-refractivity contribution is 5.68. The van der Waals surface area contributed by atoms with E-state index >= 15 is 0 Å². The van der Waals surface area contributed by atoms with Crippen LogP contribution in [-0.2, 0) is 9.53 Å². The predicted molar refractivity (Wildman–Crippen MR) is 31.5 cm³/mol. The van der Waals surface area contributed by atoms with Gasteiger partial charge in [-0.05, 0) is 6.42 Å². The molecule has 0 aliphatic carbocycles. The summed E-state index contributed by atoms with van der Waals surface area (Å²) in [6.07, 6.45) is -0.895. The second-order valence-corrected chi connectivity index (χ2v) is 1.43. The van der Waals surface area contributed by atoms with Gasteiger partial charge >= 0.3 is 5.97 Å². The molecule has 0 heterocycles. The predicted octanol–water partition coefficient (Wildman–Crippen LogP) is 1.35. The van der Waals surface area contributed by atoms with Crippen molar-refractivity contribution >= 4 is 5.97 Å². The molecule has 2 heteroatoms. The Hall–Kier alpha value is -0.530. The lowest BCUT2D eigenvalue weighted by Crippen LogP contribution is -1.98. The average Bonchev–Trinajstić information content (AvgIpc) is 1.81. The first-order valence-corrected chi connectivity index (χ1v) is 2.52. The summed E-state index contributed by atoms with van der Waals surface area (Å²) in [6, 6.07) is 0. The Morgan fingerprint density at radius 2 is 2.50 bits per heavy atom. The van der Waals surface area contributed by atoms with Crippen molar-refractivity contribution in [1.29, 1.82) is 0 Å². The van der Waals surface area contributed by atoms with E-state index in [0.717, 1.165) is 0 Å². The highest BCUT2D eigenvalue weighted by Crippen LogP contribution is 1.94. The minimum absolute atomic E-state index is 0.153. The van der Waals surface area contributed by atoms with Crippen LogP contribution in [0.1, 0.15) is 28.9 Å². The first kappa shape index (κ1) is 4.36. The summed E-state index contributed by atoms with van der Waals surface area (Å²) < 4.78 is 18.5. The summed E-state index contributed by atoms with van der Waals surface area (Å²) in [6.45, 7) is 1.44. The lowest BCUT2D eigenvalue weighted by molar-refractivity contribution is -0.140. The molecule has 2 nitrogen and oxygen atoms in total. The van der Waals surface area contributed by atoms with E-state index < -0.39 is 6.37 Å². The average molecular weight is 118 g/mol. The highest BCUT2D eigenvalue weighted by Gasteiger charge is 1.95. The smallest absolute Gasteiger partial charge is 0.305 e. The first-order valence-electron chi connectivity index (χ1n) is 3.52. The van der Waals surface area contributed by atoms with Gasteiger partial charge in [-0.1, -0.05) is 13.3 Å². The van der Waals surface area contributed by atoms with Crippen molar-refractivity contribution in [3.63, 3.8) is 0 Å². The number of hydrogen-bond donors (Lipinski definition) is 0. The fourth-order valence-electron chi connectivity index (χ4n) is 0.329. The van der Waals surface area contributed by atoms with E-state index in [4.69, 9.17) is 2.74 Å². The molecule has 0 bridgehead atoms. The van der Waals surface area contributed by atoms with E-state index in [-0.39, 0.29) is 18.8 Å². The lowest BCUT2D eigenvalue weighted by Gasteiger charge is -1.93. The van der Waals surface area contributed by atoms with Crippen LogP contribution in [0.3, 0.4) is 0 Å². The minimum Gasteiger partial charge on any atom is -0.469 e. The summed E-state index contributed by atoms with van der Waals surface area (Å²) in [4.78, 5) is 10.5. The molecular formula is C6H12O2. The standard InChI is InChI=1S/C6H12O2/c1-3-4-5-6(7)8-2/h3-5H2,1-2H3/i3D2. The van der Waals surface area contributed by atoms with Gasteiger partial charge in [-0.3, -0.25) is 4.79 Å². The van der Waals surface area contributed by atoms with Gasteiger partial charge in [0.25, 0.3) is 0 Å². The molecule has 0 unspecified atom stereocenters. The van der Waals surface area contributed by atoms with E-state index in [2.05, 4.69) is 4.74 Å². The zero-order valence-corrected chi connectivity index (χ0v) is 5.23. The van der Waals surface area contributed by atoms with Gasteiger partial charge in [-0.2, -0.15) is 0 Å². The summed E-state index contributed by atoms with van der Waals surface area (Å²) in [5, 5.41) is 0. The van der Waals surface area contributed by atoms with Crippen LogP contribution in [0.15, 0.2) is 0 Å². The number of carbonyl (C=O) groups excluding carboxylic acids is 1. The number of rotatable bonds is 3. The quantitative estimate of drug-likeness (QED) is 0.523. The maximum atomic E-state index is 10.5. The van der Waals surface area contributed by atoms with Crippen molar-refractivity contribution < 1.29 is 12.3 Å². The monoisotopic (exact) mass is 118 g/mol. The van der Waals surface area contributed by atoms with Gasteiger partial charge in [-0.15, -0.1) is 0 Å². The normalized spacial score (nSPS) is 14.2. The van der Waals surface area contributed by atoms with Crippen LogP contribution in [0.5, 0.6) is 0 Å². The Labute approximate surface area is 52.6 Å². The molecule has 0 saturated heterocycles. The molecular weight excluding hydrogens is 104 g/mol. The van der Waals surface area contributed by atoms with E-state index in [1.165, 1.54) is 14.0 Å². The Kier molecular flexibility index (Phi) is 2.52. The van der Waals surface area contributed by atoms with Crippen molar-refractivity contribution in [3.8, 4) is 0 Å². The van der Waals surface area contributed by atoms with E-state index in [1.807, 2.05) is 0 Å². The van der Waals surface area contributed by atoms with Crippen molar-refractivity contribution in [2.75, 3.05) is 7.11 Å². The molecule has 0 spiro atoms. The summed E-state index contributed by atoms with van der Waals surface area (Å²) in [7, 11) is 1.30. The van der Waals surface area contributed by atoms with Crippen LogP contribution < -0.4 is 0 Å². The number of methoxy groups -OCH3 is 1.